The van der Waals surface area contributed by atoms with Gasteiger partial charge in [-0.2, -0.15) is 0 Å². The summed E-state index contributed by atoms with van der Waals surface area (Å²) < 4.78 is 7.76. The zero-order chi connectivity index (χ0) is 18.3. The second-order valence-electron chi connectivity index (χ2n) is 7.46. The van der Waals surface area contributed by atoms with E-state index in [0.29, 0.717) is 27.8 Å². The van der Waals surface area contributed by atoms with Crippen LogP contribution in [0.3, 0.4) is 0 Å². The van der Waals surface area contributed by atoms with Gasteiger partial charge in [0.1, 0.15) is 0 Å². The molecular formula is C19H23N3O3S. The SMILES string of the molecule is Cn1c(=S)[nH]c2cc(C(=O)N[C@@H]3CCOC4(CCCC4)C3)ccc2c1=O. The molecule has 1 amide bonds. The van der Waals surface area contributed by atoms with Gasteiger partial charge in [0.15, 0.2) is 4.77 Å². The highest BCUT2D eigenvalue weighted by Crippen LogP contribution is 2.40. The molecule has 1 aromatic heterocycles. The summed E-state index contributed by atoms with van der Waals surface area (Å²) in [5, 5.41) is 3.67. The first kappa shape index (κ1) is 17.4. The number of fused-ring (bicyclic) bond motifs is 1. The van der Waals surface area contributed by atoms with E-state index in [1.165, 1.54) is 17.4 Å². The van der Waals surface area contributed by atoms with E-state index in [1.54, 1.807) is 25.2 Å². The number of nitrogens with zero attached hydrogens (tertiary/aromatic N) is 1. The molecule has 1 aromatic carbocycles. The maximum atomic E-state index is 12.7. The van der Waals surface area contributed by atoms with Gasteiger partial charge in [-0.1, -0.05) is 12.8 Å². The molecule has 1 aliphatic carbocycles. The first-order valence-electron chi connectivity index (χ1n) is 9.15. The van der Waals surface area contributed by atoms with Crippen LogP contribution in [0.2, 0.25) is 0 Å². The second-order valence-corrected chi connectivity index (χ2v) is 7.84. The lowest BCUT2D eigenvalue weighted by Gasteiger charge is -2.38. The van der Waals surface area contributed by atoms with E-state index in [0.717, 1.165) is 25.7 Å². The van der Waals surface area contributed by atoms with Crippen molar-refractivity contribution < 1.29 is 9.53 Å². The molecule has 0 unspecified atom stereocenters. The zero-order valence-corrected chi connectivity index (χ0v) is 15.7. The van der Waals surface area contributed by atoms with Crippen molar-refractivity contribution in [2.75, 3.05) is 6.61 Å². The molecule has 26 heavy (non-hydrogen) atoms. The van der Waals surface area contributed by atoms with Crippen LogP contribution in [0.4, 0.5) is 0 Å². The smallest absolute Gasteiger partial charge is 0.261 e. The highest BCUT2D eigenvalue weighted by Gasteiger charge is 2.40. The van der Waals surface area contributed by atoms with Crippen LogP contribution in [0, 0.1) is 4.77 Å². The van der Waals surface area contributed by atoms with E-state index >= 15 is 0 Å². The molecule has 2 N–H and O–H groups in total. The van der Waals surface area contributed by atoms with Crippen LogP contribution in [0.15, 0.2) is 23.0 Å². The van der Waals surface area contributed by atoms with Gasteiger partial charge in [0.05, 0.1) is 16.5 Å². The molecule has 2 aromatic rings. The van der Waals surface area contributed by atoms with Crippen LogP contribution in [0.1, 0.15) is 48.9 Å². The average molecular weight is 373 g/mol. The maximum Gasteiger partial charge on any atom is 0.261 e. The van der Waals surface area contributed by atoms with Crippen molar-refractivity contribution >= 4 is 29.0 Å². The summed E-state index contributed by atoms with van der Waals surface area (Å²) in [5.74, 6) is -0.119. The lowest BCUT2D eigenvalue weighted by atomic mass is 9.89. The van der Waals surface area contributed by atoms with Crippen LogP contribution >= 0.6 is 12.2 Å². The molecule has 1 saturated heterocycles. The number of nitrogens with one attached hydrogen (secondary N) is 2. The number of hydrogen-bond acceptors (Lipinski definition) is 4. The summed E-state index contributed by atoms with van der Waals surface area (Å²) in [6.07, 6.45) is 6.32. The van der Waals surface area contributed by atoms with Crippen molar-refractivity contribution in [3.8, 4) is 0 Å². The number of carbonyl (C=O) groups is 1. The van der Waals surface area contributed by atoms with Crippen LogP contribution < -0.4 is 10.9 Å². The van der Waals surface area contributed by atoms with E-state index in [1.807, 2.05) is 0 Å². The molecule has 7 heteroatoms. The lowest BCUT2D eigenvalue weighted by molar-refractivity contribution is -0.0823. The number of aromatic amines is 1. The fourth-order valence-electron chi connectivity index (χ4n) is 4.23. The number of carbonyl (C=O) groups excluding carboxylic acids is 1. The Kier molecular flexibility index (Phi) is 4.44. The number of rotatable bonds is 2. The Bertz CT molecular complexity index is 972. The molecule has 1 aliphatic heterocycles. The van der Waals surface area contributed by atoms with E-state index in [9.17, 15) is 9.59 Å². The molecule has 4 rings (SSSR count). The Hall–Kier alpha value is -1.99. The fraction of sp³-hybridized carbons (Fsp3) is 0.526. The molecule has 6 nitrogen and oxygen atoms in total. The third-order valence-corrected chi connectivity index (χ3v) is 6.08. The van der Waals surface area contributed by atoms with Crippen molar-refractivity contribution in [3.05, 3.63) is 38.9 Å². The molecule has 2 aliphatic rings. The monoisotopic (exact) mass is 373 g/mol. The Labute approximate surface area is 156 Å². The quantitative estimate of drug-likeness (QED) is 0.794. The number of benzene rings is 1. The largest absolute Gasteiger partial charge is 0.375 e. The number of aromatic nitrogens is 2. The van der Waals surface area contributed by atoms with Gasteiger partial charge in [0.2, 0.25) is 0 Å². The van der Waals surface area contributed by atoms with Gasteiger partial charge in [0, 0.05) is 25.3 Å². The molecular weight excluding hydrogens is 350 g/mol. The normalized spacial score (nSPS) is 22.0. The van der Waals surface area contributed by atoms with Crippen molar-refractivity contribution in [1.82, 2.24) is 14.9 Å². The third kappa shape index (κ3) is 3.10. The van der Waals surface area contributed by atoms with Crippen molar-refractivity contribution in [2.45, 2.75) is 50.2 Å². The number of ether oxygens (including phenoxy) is 1. The zero-order valence-electron chi connectivity index (χ0n) is 14.8. The maximum absolute atomic E-state index is 12.7. The first-order chi connectivity index (χ1) is 12.5. The minimum Gasteiger partial charge on any atom is -0.375 e. The summed E-state index contributed by atoms with van der Waals surface area (Å²) in [4.78, 5) is 28.0. The molecule has 0 radical (unpaired) electrons. The van der Waals surface area contributed by atoms with E-state index in [-0.39, 0.29) is 23.1 Å². The Morgan fingerprint density at radius 3 is 2.92 bits per heavy atom. The average Bonchev–Trinajstić information content (AvgIpc) is 3.07. The molecule has 2 heterocycles. The summed E-state index contributed by atoms with van der Waals surface area (Å²) in [6.45, 7) is 0.700. The number of amides is 1. The van der Waals surface area contributed by atoms with E-state index < -0.39 is 0 Å². The summed E-state index contributed by atoms with van der Waals surface area (Å²) in [5.41, 5.74) is 0.924. The molecule has 1 saturated carbocycles. The fourth-order valence-corrected chi connectivity index (χ4v) is 4.43. The minimum absolute atomic E-state index is 0.0310. The Morgan fingerprint density at radius 1 is 1.38 bits per heavy atom. The predicted molar refractivity (Wildman–Crippen MR) is 102 cm³/mol. The molecule has 0 bridgehead atoms. The molecule has 1 spiro atoms. The van der Waals surface area contributed by atoms with Crippen LogP contribution in [-0.4, -0.2) is 33.7 Å². The highest BCUT2D eigenvalue weighted by molar-refractivity contribution is 7.71. The van der Waals surface area contributed by atoms with Gasteiger partial charge in [-0.15, -0.1) is 0 Å². The second kappa shape index (κ2) is 6.63. The topological polar surface area (TPSA) is 76.1 Å². The van der Waals surface area contributed by atoms with Gasteiger partial charge in [-0.25, -0.2) is 0 Å². The third-order valence-electron chi connectivity index (χ3n) is 5.71. The van der Waals surface area contributed by atoms with Gasteiger partial charge in [0.25, 0.3) is 11.5 Å². The Morgan fingerprint density at radius 2 is 2.15 bits per heavy atom. The Balaban J connectivity index is 1.55. The van der Waals surface area contributed by atoms with Gasteiger partial charge < -0.3 is 15.0 Å². The van der Waals surface area contributed by atoms with E-state index in [4.69, 9.17) is 17.0 Å². The van der Waals surface area contributed by atoms with E-state index in [2.05, 4.69) is 10.3 Å². The van der Waals surface area contributed by atoms with Gasteiger partial charge in [-0.3, -0.25) is 14.2 Å². The standard InChI is InChI=1S/C19H23N3O3S/c1-22-17(24)14-5-4-12(10-15(14)21-18(22)26)16(23)20-13-6-9-25-19(11-13)7-2-3-8-19/h4-5,10,13H,2-3,6-9,11H2,1H3,(H,20,23)(H,21,26)/t13-/m1/s1. The molecule has 138 valence electrons. The molecule has 2 fully saturated rings. The van der Waals surface area contributed by atoms with Crippen LogP contribution in [0.25, 0.3) is 10.9 Å². The van der Waals surface area contributed by atoms with Gasteiger partial charge >= 0.3 is 0 Å². The van der Waals surface area contributed by atoms with Crippen LogP contribution in [-0.2, 0) is 11.8 Å². The van der Waals surface area contributed by atoms with Crippen LogP contribution in [0.5, 0.6) is 0 Å². The summed E-state index contributed by atoms with van der Waals surface area (Å²) in [7, 11) is 1.63. The first-order valence-corrected chi connectivity index (χ1v) is 9.56. The molecule has 1 atom stereocenters. The van der Waals surface area contributed by atoms with Gasteiger partial charge in [-0.05, 0) is 56.1 Å². The lowest BCUT2D eigenvalue weighted by Crippen LogP contribution is -2.47. The number of H-pyrrole nitrogens is 1. The van der Waals surface area contributed by atoms with Crippen molar-refractivity contribution in [3.63, 3.8) is 0 Å². The number of hydrogen-bond donors (Lipinski definition) is 2. The van der Waals surface area contributed by atoms with Crippen molar-refractivity contribution in [1.29, 1.82) is 0 Å². The minimum atomic E-state index is -0.164. The predicted octanol–water partition coefficient (Wildman–Crippen LogP) is 2.82. The van der Waals surface area contributed by atoms with Crippen molar-refractivity contribution in [2.24, 2.45) is 7.05 Å². The summed E-state index contributed by atoms with van der Waals surface area (Å²) >= 11 is 5.16. The highest BCUT2D eigenvalue weighted by atomic mass is 32.1. The summed E-state index contributed by atoms with van der Waals surface area (Å²) in [6, 6.07) is 5.21.